The molecule has 1 atom stereocenters. The second-order valence-electron chi connectivity index (χ2n) is 7.33. The number of hydrogen-bond acceptors (Lipinski definition) is 2. The van der Waals surface area contributed by atoms with E-state index in [2.05, 4.69) is 31.0 Å². The van der Waals surface area contributed by atoms with E-state index in [1.165, 1.54) is 32.1 Å². The Balaban J connectivity index is 2.05. The summed E-state index contributed by atoms with van der Waals surface area (Å²) in [5.74, 6) is 1.03. The van der Waals surface area contributed by atoms with Crippen molar-refractivity contribution in [2.75, 3.05) is 13.2 Å². The molecule has 1 saturated carbocycles. The molecule has 0 bridgehead atoms. The summed E-state index contributed by atoms with van der Waals surface area (Å²) in [6, 6.07) is 0. The van der Waals surface area contributed by atoms with Gasteiger partial charge in [0.1, 0.15) is 0 Å². The maximum Gasteiger partial charge on any atom is 0.243 e. The Morgan fingerprint density at radius 2 is 1.95 bits per heavy atom. The van der Waals surface area contributed by atoms with Crippen LogP contribution in [0.25, 0.3) is 0 Å². The highest BCUT2D eigenvalue weighted by atomic mass is 16.2. The minimum atomic E-state index is -0.322. The van der Waals surface area contributed by atoms with Crippen LogP contribution in [0.2, 0.25) is 0 Å². The summed E-state index contributed by atoms with van der Waals surface area (Å²) in [6.07, 6.45) is 7.43. The van der Waals surface area contributed by atoms with E-state index in [0.717, 1.165) is 25.6 Å². The molecule has 1 unspecified atom stereocenters. The lowest BCUT2D eigenvalue weighted by molar-refractivity contribution is -0.133. The number of nitrogens with zero attached hydrogens (tertiary/aromatic N) is 1. The largest absolute Gasteiger partial charge is 0.328 e. The fraction of sp³-hybridized carbons (Fsp3) is 0.938. The lowest BCUT2D eigenvalue weighted by Gasteiger charge is -2.35. The van der Waals surface area contributed by atoms with E-state index in [1.54, 1.807) is 0 Å². The monoisotopic (exact) mass is 266 g/mol. The van der Waals surface area contributed by atoms with Crippen molar-refractivity contribution in [3.05, 3.63) is 0 Å². The fourth-order valence-electron chi connectivity index (χ4n) is 3.99. The molecule has 1 aliphatic carbocycles. The first kappa shape index (κ1) is 14.8. The summed E-state index contributed by atoms with van der Waals surface area (Å²) in [7, 11) is 0. The first-order valence-electron chi connectivity index (χ1n) is 7.95. The van der Waals surface area contributed by atoms with Crippen molar-refractivity contribution in [1.29, 1.82) is 0 Å². The summed E-state index contributed by atoms with van der Waals surface area (Å²) in [5.41, 5.74) is 0.0716. The zero-order valence-electron chi connectivity index (χ0n) is 13.1. The van der Waals surface area contributed by atoms with Gasteiger partial charge < -0.3 is 4.90 Å². The average Bonchev–Trinajstić information content (AvgIpc) is 2.90. The first-order chi connectivity index (χ1) is 8.91. The van der Waals surface area contributed by atoms with E-state index in [-0.39, 0.29) is 5.54 Å². The van der Waals surface area contributed by atoms with Gasteiger partial charge in [-0.2, -0.15) is 0 Å². The molecule has 3 nitrogen and oxygen atoms in total. The predicted octanol–water partition coefficient (Wildman–Crippen LogP) is 3.15. The van der Waals surface area contributed by atoms with Crippen molar-refractivity contribution in [2.24, 2.45) is 11.3 Å². The van der Waals surface area contributed by atoms with Crippen molar-refractivity contribution in [3.8, 4) is 0 Å². The van der Waals surface area contributed by atoms with Crippen LogP contribution in [0.15, 0.2) is 0 Å². The fourth-order valence-corrected chi connectivity index (χ4v) is 3.99. The Kier molecular flexibility index (Phi) is 4.24. The normalized spacial score (nSPS) is 30.6. The second kappa shape index (κ2) is 5.43. The van der Waals surface area contributed by atoms with Crippen molar-refractivity contribution in [2.45, 2.75) is 71.8 Å². The molecule has 2 rings (SSSR count). The summed E-state index contributed by atoms with van der Waals surface area (Å²) in [5, 5.41) is 3.40. The van der Waals surface area contributed by atoms with Crippen LogP contribution in [0.3, 0.4) is 0 Å². The van der Waals surface area contributed by atoms with E-state index < -0.39 is 0 Å². The van der Waals surface area contributed by atoms with Gasteiger partial charge in [0.25, 0.3) is 0 Å². The zero-order valence-corrected chi connectivity index (χ0v) is 13.1. The van der Waals surface area contributed by atoms with Crippen LogP contribution in [-0.4, -0.2) is 29.6 Å². The number of carbonyl (C=O) groups is 1. The summed E-state index contributed by atoms with van der Waals surface area (Å²) in [4.78, 5) is 14.6. The molecule has 1 amide bonds. The number of nitrogens with one attached hydrogen (secondary N) is 1. The molecule has 1 N–H and O–H groups in total. The number of rotatable bonds is 5. The lowest BCUT2D eigenvalue weighted by Crippen LogP contribution is -2.44. The van der Waals surface area contributed by atoms with E-state index >= 15 is 0 Å². The molecule has 110 valence electrons. The van der Waals surface area contributed by atoms with E-state index in [4.69, 9.17) is 0 Å². The number of carbonyl (C=O) groups excluding carboxylic acids is 1. The van der Waals surface area contributed by atoms with Gasteiger partial charge in [-0.3, -0.25) is 10.1 Å². The predicted molar refractivity (Wildman–Crippen MR) is 78.8 cm³/mol. The number of hydrogen-bond donors (Lipinski definition) is 1. The van der Waals surface area contributed by atoms with Crippen molar-refractivity contribution >= 4 is 5.91 Å². The van der Waals surface area contributed by atoms with Crippen LogP contribution in [-0.2, 0) is 4.79 Å². The Morgan fingerprint density at radius 1 is 1.32 bits per heavy atom. The van der Waals surface area contributed by atoms with Gasteiger partial charge in [0.2, 0.25) is 5.91 Å². The van der Waals surface area contributed by atoms with Crippen LogP contribution >= 0.6 is 0 Å². The first-order valence-corrected chi connectivity index (χ1v) is 7.95. The Bertz CT molecular complexity index is 334. The molecule has 0 spiro atoms. The molecule has 2 aliphatic rings. The van der Waals surface area contributed by atoms with Gasteiger partial charge >= 0.3 is 0 Å². The van der Waals surface area contributed by atoms with Crippen molar-refractivity contribution in [3.63, 3.8) is 0 Å². The summed E-state index contributed by atoms with van der Waals surface area (Å²) < 4.78 is 0. The molecule has 1 aliphatic heterocycles. The summed E-state index contributed by atoms with van der Waals surface area (Å²) >= 11 is 0. The van der Waals surface area contributed by atoms with E-state index in [9.17, 15) is 4.79 Å². The third kappa shape index (κ3) is 2.96. The van der Waals surface area contributed by atoms with Crippen molar-refractivity contribution < 1.29 is 4.79 Å². The standard InChI is InChI=1S/C16H30N2O/c1-5-15(4)14(19)18(12-17-15)11-16(10-13(2)3)8-6-7-9-16/h13,17H,5-12H2,1-4H3. The molecule has 19 heavy (non-hydrogen) atoms. The van der Waals surface area contributed by atoms with Crippen LogP contribution in [0.5, 0.6) is 0 Å². The zero-order chi connectivity index (χ0) is 14.1. The average molecular weight is 266 g/mol. The van der Waals surface area contributed by atoms with Crippen LogP contribution in [0, 0.1) is 11.3 Å². The van der Waals surface area contributed by atoms with Gasteiger partial charge in [-0.05, 0) is 43.9 Å². The maximum atomic E-state index is 12.5. The quantitative estimate of drug-likeness (QED) is 0.829. The Hall–Kier alpha value is -0.570. The van der Waals surface area contributed by atoms with Crippen LogP contribution < -0.4 is 5.32 Å². The van der Waals surface area contributed by atoms with Gasteiger partial charge in [-0.25, -0.2) is 0 Å². The Labute approximate surface area is 118 Å². The molecule has 1 heterocycles. The van der Waals surface area contributed by atoms with Crippen LogP contribution in [0.1, 0.15) is 66.2 Å². The van der Waals surface area contributed by atoms with E-state index in [0.29, 0.717) is 11.3 Å². The second-order valence-corrected chi connectivity index (χ2v) is 7.33. The molecule has 1 saturated heterocycles. The number of amides is 1. The third-order valence-corrected chi connectivity index (χ3v) is 5.16. The maximum absolute atomic E-state index is 12.5. The molecule has 0 aromatic heterocycles. The minimum Gasteiger partial charge on any atom is -0.328 e. The lowest BCUT2D eigenvalue weighted by atomic mass is 9.78. The SMILES string of the molecule is CCC1(C)NCN(CC2(CC(C)C)CCCC2)C1=O. The molecule has 0 aromatic carbocycles. The molecule has 0 radical (unpaired) electrons. The topological polar surface area (TPSA) is 32.3 Å². The Morgan fingerprint density at radius 3 is 2.42 bits per heavy atom. The summed E-state index contributed by atoms with van der Waals surface area (Å²) in [6.45, 7) is 10.4. The van der Waals surface area contributed by atoms with Gasteiger partial charge in [-0.1, -0.05) is 33.6 Å². The van der Waals surface area contributed by atoms with Gasteiger partial charge in [0.05, 0.1) is 12.2 Å². The molecular formula is C16H30N2O. The van der Waals surface area contributed by atoms with Gasteiger partial charge in [-0.15, -0.1) is 0 Å². The molecule has 2 fully saturated rings. The highest BCUT2D eigenvalue weighted by Crippen LogP contribution is 2.44. The minimum absolute atomic E-state index is 0.310. The van der Waals surface area contributed by atoms with E-state index in [1.807, 2.05) is 6.92 Å². The van der Waals surface area contributed by atoms with Crippen LogP contribution in [0.4, 0.5) is 0 Å². The molecular weight excluding hydrogens is 236 g/mol. The third-order valence-electron chi connectivity index (χ3n) is 5.16. The smallest absolute Gasteiger partial charge is 0.243 e. The molecule has 3 heteroatoms. The molecule has 0 aromatic rings. The van der Waals surface area contributed by atoms with Gasteiger partial charge in [0, 0.05) is 6.54 Å². The van der Waals surface area contributed by atoms with Crippen molar-refractivity contribution in [1.82, 2.24) is 10.2 Å². The highest BCUT2D eigenvalue weighted by molar-refractivity contribution is 5.87. The highest BCUT2D eigenvalue weighted by Gasteiger charge is 2.45. The van der Waals surface area contributed by atoms with Gasteiger partial charge in [0.15, 0.2) is 0 Å².